The Bertz CT molecular complexity index is 715. The number of carbonyl (C=O) groups is 2. The average molecular weight is 409 g/mol. The number of ketones is 1. The van der Waals surface area contributed by atoms with Gasteiger partial charge in [-0.3, -0.25) is 4.79 Å². The minimum atomic E-state index is -2.10. The molecule has 0 saturated heterocycles. The molecule has 5 nitrogen and oxygen atoms in total. The highest BCUT2D eigenvalue weighted by atomic mass is 28.4. The molecule has 1 aliphatic heterocycles. The molecule has 0 bridgehead atoms. The molecule has 0 spiro atoms. The van der Waals surface area contributed by atoms with Crippen molar-refractivity contribution < 1.29 is 23.5 Å². The van der Waals surface area contributed by atoms with Crippen molar-refractivity contribution in [2.75, 3.05) is 7.11 Å². The van der Waals surface area contributed by atoms with Gasteiger partial charge in [0.2, 0.25) is 0 Å². The molecule has 0 N–H and O–H groups in total. The number of hydrogen-bond acceptors (Lipinski definition) is 5. The highest BCUT2D eigenvalue weighted by Gasteiger charge is 2.58. The van der Waals surface area contributed by atoms with Gasteiger partial charge in [-0.15, -0.1) is 0 Å². The SMILES string of the molecule is C=C(C)[C@@H]1C[C@H](O[Si](C)(C)C(C)(C)C)[C@@]2(C)OC(C)=C(C(=O)OC)C(=O)[C@@H]2C1. The van der Waals surface area contributed by atoms with Gasteiger partial charge in [0, 0.05) is 0 Å². The largest absolute Gasteiger partial charge is 0.488 e. The fraction of sp³-hybridized carbons (Fsp3) is 0.727. The average Bonchev–Trinajstić information content (AvgIpc) is 2.54. The fourth-order valence-corrected chi connectivity index (χ4v) is 5.41. The molecule has 0 aromatic carbocycles. The van der Waals surface area contributed by atoms with E-state index in [0.29, 0.717) is 12.2 Å². The Morgan fingerprint density at radius 2 is 1.86 bits per heavy atom. The van der Waals surface area contributed by atoms with Crippen LogP contribution in [0.5, 0.6) is 0 Å². The second-order valence-electron chi connectivity index (χ2n) is 10.0. The van der Waals surface area contributed by atoms with Crippen LogP contribution in [0.15, 0.2) is 23.5 Å². The van der Waals surface area contributed by atoms with Crippen molar-refractivity contribution in [2.45, 2.75) is 84.2 Å². The minimum absolute atomic E-state index is 0.0263. The first-order chi connectivity index (χ1) is 12.7. The molecule has 6 heteroatoms. The van der Waals surface area contributed by atoms with Crippen LogP contribution >= 0.6 is 0 Å². The number of hydrogen-bond donors (Lipinski definition) is 0. The normalized spacial score (nSPS) is 31.2. The molecule has 4 atom stereocenters. The number of Topliss-reactive ketones (excluding diaryl/α,β-unsaturated/α-hetero) is 1. The molecule has 0 amide bonds. The van der Waals surface area contributed by atoms with E-state index in [1.807, 2.05) is 13.8 Å². The maximum Gasteiger partial charge on any atom is 0.344 e. The molecule has 1 heterocycles. The van der Waals surface area contributed by atoms with Crippen LogP contribution in [0.3, 0.4) is 0 Å². The molecule has 158 valence electrons. The molecule has 1 saturated carbocycles. The monoisotopic (exact) mass is 408 g/mol. The second-order valence-corrected chi connectivity index (χ2v) is 14.8. The van der Waals surface area contributed by atoms with Crippen LogP contribution in [0.2, 0.25) is 18.1 Å². The van der Waals surface area contributed by atoms with Crippen molar-refractivity contribution in [1.82, 2.24) is 0 Å². The molecule has 0 radical (unpaired) electrons. The highest BCUT2D eigenvalue weighted by Crippen LogP contribution is 2.50. The molecule has 1 fully saturated rings. The van der Waals surface area contributed by atoms with Crippen LogP contribution in [0.25, 0.3) is 0 Å². The molecule has 28 heavy (non-hydrogen) atoms. The maximum atomic E-state index is 13.3. The number of fused-ring (bicyclic) bond motifs is 1. The van der Waals surface area contributed by atoms with Crippen LogP contribution < -0.4 is 0 Å². The maximum absolute atomic E-state index is 13.3. The first-order valence-electron chi connectivity index (χ1n) is 10.0. The molecular weight excluding hydrogens is 372 g/mol. The number of allylic oxidation sites excluding steroid dienone is 2. The summed E-state index contributed by atoms with van der Waals surface area (Å²) in [5, 5.41) is 0.0375. The predicted octanol–water partition coefficient (Wildman–Crippen LogP) is 4.78. The van der Waals surface area contributed by atoms with Crippen molar-refractivity contribution in [1.29, 1.82) is 0 Å². The first-order valence-corrected chi connectivity index (χ1v) is 12.9. The summed E-state index contributed by atoms with van der Waals surface area (Å²) in [7, 11) is -0.816. The van der Waals surface area contributed by atoms with Gasteiger partial charge in [-0.05, 0) is 57.7 Å². The number of esters is 1. The van der Waals surface area contributed by atoms with Crippen LogP contribution in [0.1, 0.15) is 54.4 Å². The smallest absolute Gasteiger partial charge is 0.344 e. The molecule has 2 rings (SSSR count). The van der Waals surface area contributed by atoms with Gasteiger partial charge < -0.3 is 13.9 Å². The van der Waals surface area contributed by atoms with E-state index in [1.54, 1.807) is 6.92 Å². The topological polar surface area (TPSA) is 61.8 Å². The lowest BCUT2D eigenvalue weighted by atomic mass is 9.64. The van der Waals surface area contributed by atoms with Crippen LogP contribution in [0.4, 0.5) is 0 Å². The van der Waals surface area contributed by atoms with Gasteiger partial charge in [0.25, 0.3) is 0 Å². The summed E-state index contributed by atoms with van der Waals surface area (Å²) >= 11 is 0. The van der Waals surface area contributed by atoms with E-state index in [4.69, 9.17) is 13.9 Å². The fourth-order valence-electron chi connectivity index (χ4n) is 4.01. The van der Waals surface area contributed by atoms with Crippen LogP contribution in [-0.4, -0.2) is 38.9 Å². The van der Waals surface area contributed by atoms with E-state index in [9.17, 15) is 9.59 Å². The lowest BCUT2D eigenvalue weighted by molar-refractivity contribution is -0.168. The van der Waals surface area contributed by atoms with Gasteiger partial charge >= 0.3 is 5.97 Å². The van der Waals surface area contributed by atoms with E-state index in [-0.39, 0.29) is 28.4 Å². The van der Waals surface area contributed by atoms with Gasteiger partial charge in [-0.2, -0.15) is 0 Å². The van der Waals surface area contributed by atoms with Crippen molar-refractivity contribution in [3.63, 3.8) is 0 Å². The van der Waals surface area contributed by atoms with E-state index in [0.717, 1.165) is 12.0 Å². The Hall–Kier alpha value is -1.40. The molecule has 2 aliphatic rings. The molecule has 0 unspecified atom stereocenters. The zero-order valence-corrected chi connectivity index (χ0v) is 19.9. The Kier molecular flexibility index (Phi) is 6.09. The molecule has 0 aromatic heterocycles. The Morgan fingerprint density at radius 1 is 1.29 bits per heavy atom. The van der Waals surface area contributed by atoms with Crippen molar-refractivity contribution in [3.05, 3.63) is 23.5 Å². The van der Waals surface area contributed by atoms with Crippen molar-refractivity contribution in [2.24, 2.45) is 11.8 Å². The third kappa shape index (κ3) is 3.86. The number of rotatable bonds is 4. The standard InChI is InChI=1S/C22H36O5Si/c1-13(2)15-11-16-19(23)18(20(24)25-8)14(3)26-22(16,7)17(12-15)27-28(9,10)21(4,5)6/h15-17H,1,11-12H2,2-10H3/t15-,16-,17-,22-/m0/s1. The summed E-state index contributed by atoms with van der Waals surface area (Å²) in [5.41, 5.74) is 0.253. The van der Waals surface area contributed by atoms with E-state index < -0.39 is 25.8 Å². The molecular formula is C22H36O5Si. The number of methoxy groups -OCH3 is 1. The molecule has 1 aliphatic carbocycles. The van der Waals surface area contributed by atoms with Crippen LogP contribution in [0, 0.1) is 11.8 Å². The van der Waals surface area contributed by atoms with E-state index >= 15 is 0 Å². The lowest BCUT2D eigenvalue weighted by Gasteiger charge is -2.53. The minimum Gasteiger partial charge on any atom is -0.488 e. The van der Waals surface area contributed by atoms with E-state index in [1.165, 1.54) is 7.11 Å². The zero-order chi connectivity index (χ0) is 21.7. The number of carbonyl (C=O) groups excluding carboxylic acids is 2. The Morgan fingerprint density at radius 3 is 2.32 bits per heavy atom. The quantitative estimate of drug-likeness (QED) is 0.290. The summed E-state index contributed by atoms with van der Waals surface area (Å²) in [4.78, 5) is 25.5. The highest BCUT2D eigenvalue weighted by molar-refractivity contribution is 6.74. The van der Waals surface area contributed by atoms with Gasteiger partial charge in [-0.25, -0.2) is 4.79 Å². The molecule has 0 aromatic rings. The predicted molar refractivity (Wildman–Crippen MR) is 112 cm³/mol. The third-order valence-electron chi connectivity index (χ3n) is 6.97. The van der Waals surface area contributed by atoms with Crippen molar-refractivity contribution in [3.8, 4) is 0 Å². The van der Waals surface area contributed by atoms with Crippen LogP contribution in [-0.2, 0) is 23.5 Å². The van der Waals surface area contributed by atoms with Gasteiger partial charge in [0.15, 0.2) is 14.1 Å². The zero-order valence-electron chi connectivity index (χ0n) is 18.9. The lowest BCUT2D eigenvalue weighted by Crippen LogP contribution is -2.62. The Labute approximate surface area is 170 Å². The van der Waals surface area contributed by atoms with E-state index in [2.05, 4.69) is 40.4 Å². The third-order valence-corrected chi connectivity index (χ3v) is 11.5. The first kappa shape index (κ1) is 22.9. The summed E-state index contributed by atoms with van der Waals surface area (Å²) < 4.78 is 17.9. The second kappa shape index (κ2) is 7.45. The van der Waals surface area contributed by atoms with Gasteiger partial charge in [-0.1, -0.05) is 32.9 Å². The summed E-state index contributed by atoms with van der Waals surface area (Å²) in [6.07, 6.45) is 1.13. The number of ether oxygens (including phenoxy) is 2. The summed E-state index contributed by atoms with van der Waals surface area (Å²) in [6, 6.07) is 0. The summed E-state index contributed by atoms with van der Waals surface area (Å²) in [6.45, 7) is 20.8. The van der Waals surface area contributed by atoms with Gasteiger partial charge in [0.05, 0.1) is 19.1 Å². The summed E-state index contributed by atoms with van der Waals surface area (Å²) in [5.74, 6) is -0.821. The van der Waals surface area contributed by atoms with Crippen molar-refractivity contribution >= 4 is 20.1 Å². The van der Waals surface area contributed by atoms with Gasteiger partial charge in [0.1, 0.15) is 16.9 Å². The Balaban J connectivity index is 2.52.